The molecule has 2 heterocycles. The Morgan fingerprint density at radius 2 is 1.84 bits per heavy atom. The van der Waals surface area contributed by atoms with Crippen LogP contribution in [0.1, 0.15) is 28.7 Å². The minimum atomic E-state index is -0.392. The van der Waals surface area contributed by atoms with Gasteiger partial charge in [-0.1, -0.05) is 30.3 Å². The quantitative estimate of drug-likeness (QED) is 0.779. The van der Waals surface area contributed by atoms with E-state index in [0.29, 0.717) is 18.2 Å². The van der Waals surface area contributed by atoms with E-state index in [-0.39, 0.29) is 0 Å². The molecule has 1 aromatic carbocycles. The Morgan fingerprint density at radius 1 is 1.12 bits per heavy atom. The number of esters is 1. The Balaban J connectivity index is 1.63. The normalized spacial score (nSPS) is 15.2. The first-order valence-electron chi connectivity index (χ1n) is 8.69. The topological polar surface area (TPSA) is 58.6 Å². The summed E-state index contributed by atoms with van der Waals surface area (Å²) in [5.41, 5.74) is 2.43. The minimum absolute atomic E-state index is 0.330. The molecule has 1 aliphatic heterocycles. The van der Waals surface area contributed by atoms with Crippen LogP contribution in [0, 0.1) is 6.92 Å². The van der Waals surface area contributed by atoms with E-state index >= 15 is 0 Å². The summed E-state index contributed by atoms with van der Waals surface area (Å²) in [6, 6.07) is 12.2. The largest absolute Gasteiger partial charge is 0.461 e. The molecule has 6 nitrogen and oxygen atoms in total. The highest BCUT2D eigenvalue weighted by Gasteiger charge is 2.21. The molecule has 0 bridgehead atoms. The van der Waals surface area contributed by atoms with Crippen molar-refractivity contribution in [1.29, 1.82) is 0 Å². The number of piperazine rings is 1. The second-order valence-electron chi connectivity index (χ2n) is 6.16. The van der Waals surface area contributed by atoms with Crippen molar-refractivity contribution in [1.82, 2.24) is 14.9 Å². The van der Waals surface area contributed by atoms with Gasteiger partial charge in [0.1, 0.15) is 0 Å². The van der Waals surface area contributed by atoms with E-state index < -0.39 is 5.97 Å². The number of anilines is 1. The number of aryl methyl sites for hydroxylation is 1. The van der Waals surface area contributed by atoms with Crippen LogP contribution in [-0.4, -0.2) is 53.6 Å². The van der Waals surface area contributed by atoms with Gasteiger partial charge in [-0.15, -0.1) is 0 Å². The minimum Gasteiger partial charge on any atom is -0.461 e. The first-order chi connectivity index (χ1) is 12.2. The summed E-state index contributed by atoms with van der Waals surface area (Å²) in [5, 5.41) is 0. The van der Waals surface area contributed by atoms with Crippen molar-refractivity contribution >= 4 is 11.9 Å². The van der Waals surface area contributed by atoms with E-state index in [1.54, 1.807) is 13.0 Å². The first-order valence-corrected chi connectivity index (χ1v) is 8.69. The molecule has 0 radical (unpaired) electrons. The van der Waals surface area contributed by atoms with Gasteiger partial charge in [-0.25, -0.2) is 14.8 Å². The van der Waals surface area contributed by atoms with Gasteiger partial charge in [0.05, 0.1) is 6.61 Å². The zero-order valence-corrected chi connectivity index (χ0v) is 14.8. The van der Waals surface area contributed by atoms with Gasteiger partial charge in [0.2, 0.25) is 5.95 Å². The number of carbonyl (C=O) groups excluding carboxylic acids is 1. The summed E-state index contributed by atoms with van der Waals surface area (Å²) in [6.45, 7) is 8.55. The second kappa shape index (κ2) is 8.07. The van der Waals surface area contributed by atoms with Crippen molar-refractivity contribution in [2.45, 2.75) is 20.4 Å². The van der Waals surface area contributed by atoms with E-state index in [1.165, 1.54) is 5.56 Å². The predicted molar refractivity (Wildman–Crippen MR) is 96.7 cm³/mol. The number of rotatable bonds is 5. The fraction of sp³-hybridized carbons (Fsp3) is 0.421. The third-order valence-electron chi connectivity index (χ3n) is 4.23. The Morgan fingerprint density at radius 3 is 2.52 bits per heavy atom. The van der Waals surface area contributed by atoms with Crippen LogP contribution in [0.25, 0.3) is 0 Å². The lowest BCUT2D eigenvalue weighted by Gasteiger charge is -2.34. The Hall–Kier alpha value is -2.47. The molecule has 0 aliphatic carbocycles. The van der Waals surface area contributed by atoms with E-state index in [1.807, 2.05) is 13.0 Å². The average molecular weight is 340 g/mol. The fourth-order valence-corrected chi connectivity index (χ4v) is 2.95. The monoisotopic (exact) mass is 340 g/mol. The van der Waals surface area contributed by atoms with Crippen LogP contribution in [0.15, 0.2) is 36.4 Å². The van der Waals surface area contributed by atoms with Gasteiger partial charge in [-0.3, -0.25) is 4.90 Å². The van der Waals surface area contributed by atoms with Gasteiger partial charge in [0, 0.05) is 38.4 Å². The summed E-state index contributed by atoms with van der Waals surface area (Å²) < 4.78 is 5.05. The second-order valence-corrected chi connectivity index (χ2v) is 6.16. The highest BCUT2D eigenvalue weighted by Crippen LogP contribution is 2.15. The summed E-state index contributed by atoms with van der Waals surface area (Å²) in [7, 11) is 0. The van der Waals surface area contributed by atoms with Gasteiger partial charge < -0.3 is 9.64 Å². The Kier molecular flexibility index (Phi) is 5.60. The van der Waals surface area contributed by atoms with Crippen LogP contribution in [0.2, 0.25) is 0 Å². The molecule has 1 saturated heterocycles. The lowest BCUT2D eigenvalue weighted by molar-refractivity contribution is 0.0519. The fourth-order valence-electron chi connectivity index (χ4n) is 2.95. The third kappa shape index (κ3) is 4.54. The maximum Gasteiger partial charge on any atom is 0.357 e. The average Bonchev–Trinajstić information content (AvgIpc) is 2.63. The van der Waals surface area contributed by atoms with Crippen LogP contribution in [-0.2, 0) is 11.3 Å². The van der Waals surface area contributed by atoms with Gasteiger partial charge in [0.15, 0.2) is 5.69 Å². The number of aromatic nitrogens is 2. The highest BCUT2D eigenvalue weighted by atomic mass is 16.5. The van der Waals surface area contributed by atoms with Gasteiger partial charge in [-0.2, -0.15) is 0 Å². The van der Waals surface area contributed by atoms with Crippen LogP contribution < -0.4 is 4.90 Å². The molecule has 1 aromatic heterocycles. The zero-order chi connectivity index (χ0) is 17.6. The van der Waals surface area contributed by atoms with E-state index in [4.69, 9.17) is 4.74 Å². The molecule has 0 saturated carbocycles. The van der Waals surface area contributed by atoms with Crippen molar-refractivity contribution in [3.63, 3.8) is 0 Å². The van der Waals surface area contributed by atoms with Crippen LogP contribution >= 0.6 is 0 Å². The molecule has 0 atom stereocenters. The molecule has 132 valence electrons. The SMILES string of the molecule is CCOC(=O)c1cc(C)nc(N2CCN(Cc3ccccc3)CC2)n1. The Labute approximate surface area is 148 Å². The molecule has 2 aromatic rings. The van der Waals surface area contributed by atoms with Gasteiger partial charge in [-0.05, 0) is 25.5 Å². The summed E-state index contributed by atoms with van der Waals surface area (Å²) in [5.74, 6) is 0.222. The first kappa shape index (κ1) is 17.4. The van der Waals surface area contributed by atoms with Crippen molar-refractivity contribution in [2.24, 2.45) is 0 Å². The van der Waals surface area contributed by atoms with E-state index in [9.17, 15) is 4.79 Å². The lowest BCUT2D eigenvalue weighted by Crippen LogP contribution is -2.46. The van der Waals surface area contributed by atoms with E-state index in [2.05, 4.69) is 44.0 Å². The number of ether oxygens (including phenoxy) is 1. The van der Waals surface area contributed by atoms with Gasteiger partial charge >= 0.3 is 5.97 Å². The highest BCUT2D eigenvalue weighted by molar-refractivity contribution is 5.87. The number of hydrogen-bond donors (Lipinski definition) is 0. The molecule has 6 heteroatoms. The van der Waals surface area contributed by atoms with Crippen molar-refractivity contribution in [3.8, 4) is 0 Å². The maximum atomic E-state index is 11.9. The molecule has 1 fully saturated rings. The Bertz CT molecular complexity index is 713. The number of hydrogen-bond acceptors (Lipinski definition) is 6. The summed E-state index contributed by atoms with van der Waals surface area (Å²) in [4.78, 5) is 25.4. The predicted octanol–water partition coefficient (Wildman–Crippen LogP) is 2.28. The molecule has 0 unspecified atom stereocenters. The third-order valence-corrected chi connectivity index (χ3v) is 4.23. The van der Waals surface area contributed by atoms with Crippen LogP contribution in [0.5, 0.6) is 0 Å². The molecular weight excluding hydrogens is 316 g/mol. The number of nitrogens with zero attached hydrogens (tertiary/aromatic N) is 4. The van der Waals surface area contributed by atoms with Crippen LogP contribution in [0.3, 0.4) is 0 Å². The number of carbonyl (C=O) groups is 1. The molecule has 0 spiro atoms. The lowest BCUT2D eigenvalue weighted by atomic mass is 10.2. The van der Waals surface area contributed by atoms with Gasteiger partial charge in [0.25, 0.3) is 0 Å². The van der Waals surface area contributed by atoms with Crippen molar-refractivity contribution < 1.29 is 9.53 Å². The smallest absolute Gasteiger partial charge is 0.357 e. The molecule has 25 heavy (non-hydrogen) atoms. The maximum absolute atomic E-state index is 11.9. The molecule has 0 N–H and O–H groups in total. The number of benzene rings is 1. The molecule has 0 amide bonds. The summed E-state index contributed by atoms with van der Waals surface area (Å²) >= 11 is 0. The molecular formula is C19H24N4O2. The molecule has 3 rings (SSSR count). The van der Waals surface area contributed by atoms with E-state index in [0.717, 1.165) is 38.4 Å². The van der Waals surface area contributed by atoms with Crippen molar-refractivity contribution in [2.75, 3.05) is 37.7 Å². The molecule has 1 aliphatic rings. The van der Waals surface area contributed by atoms with Crippen LogP contribution in [0.4, 0.5) is 5.95 Å². The summed E-state index contributed by atoms with van der Waals surface area (Å²) in [6.07, 6.45) is 0. The zero-order valence-electron chi connectivity index (χ0n) is 14.8. The van der Waals surface area contributed by atoms with Crippen molar-refractivity contribution in [3.05, 3.63) is 53.3 Å². The standard InChI is InChI=1S/C19H24N4O2/c1-3-25-18(24)17-13-15(2)20-19(21-17)23-11-9-22(10-12-23)14-16-7-5-4-6-8-16/h4-8,13H,3,9-12,14H2,1-2H3.